The molecular weight excluding hydrogens is 252 g/mol. The predicted octanol–water partition coefficient (Wildman–Crippen LogP) is 1.85. The third kappa shape index (κ3) is 3.16. The predicted molar refractivity (Wildman–Crippen MR) is 77.9 cm³/mol. The van der Waals surface area contributed by atoms with Gasteiger partial charge in [-0.3, -0.25) is 10.1 Å². The molecule has 3 N–H and O–H groups in total. The number of hydrogen-bond donors (Lipinski definition) is 3. The number of amides is 1. The van der Waals surface area contributed by atoms with Gasteiger partial charge in [-0.2, -0.15) is 5.26 Å². The molecule has 0 aliphatic carbocycles. The van der Waals surface area contributed by atoms with Gasteiger partial charge in [0.05, 0.1) is 6.07 Å². The van der Waals surface area contributed by atoms with Crippen molar-refractivity contribution < 1.29 is 4.79 Å². The van der Waals surface area contributed by atoms with Gasteiger partial charge in [-0.05, 0) is 13.0 Å². The first-order valence-electron chi connectivity index (χ1n) is 6.58. The number of hydrogen-bond acceptors (Lipinski definition) is 3. The zero-order chi connectivity index (χ0) is 14.5. The summed E-state index contributed by atoms with van der Waals surface area (Å²) in [5, 5.41) is 16.3. The number of aromatic nitrogens is 1. The van der Waals surface area contributed by atoms with Crippen LogP contribution in [0.4, 0.5) is 0 Å². The second kappa shape index (κ2) is 6.22. The Labute approximate surface area is 118 Å². The number of nitrogens with one attached hydrogen (secondary N) is 3. The van der Waals surface area contributed by atoms with Crippen LogP contribution >= 0.6 is 0 Å². The number of nitriles is 1. The molecule has 20 heavy (non-hydrogen) atoms. The van der Waals surface area contributed by atoms with E-state index < -0.39 is 6.04 Å². The topological polar surface area (TPSA) is 80.7 Å². The average molecular weight is 270 g/mol. The van der Waals surface area contributed by atoms with Crippen LogP contribution in [0.5, 0.6) is 0 Å². The first kappa shape index (κ1) is 14.1. The standard InChI is InChI=1S/C15H18N4O/c1-10(19-11(2)20)8-17-15(7-16)13-9-18-14-6-4-3-5-12(13)14/h3-6,9-10,15,17-18H,8H2,1-2H3,(H,19,20). The van der Waals surface area contributed by atoms with Gasteiger partial charge in [0.1, 0.15) is 6.04 Å². The van der Waals surface area contributed by atoms with Gasteiger partial charge >= 0.3 is 0 Å². The van der Waals surface area contributed by atoms with Gasteiger partial charge in [-0.1, -0.05) is 18.2 Å². The molecule has 0 radical (unpaired) electrons. The largest absolute Gasteiger partial charge is 0.361 e. The molecule has 1 aromatic heterocycles. The molecule has 0 fully saturated rings. The van der Waals surface area contributed by atoms with Crippen molar-refractivity contribution in [2.75, 3.05) is 6.54 Å². The molecule has 1 amide bonds. The highest BCUT2D eigenvalue weighted by molar-refractivity contribution is 5.83. The Morgan fingerprint density at radius 2 is 2.20 bits per heavy atom. The van der Waals surface area contributed by atoms with E-state index >= 15 is 0 Å². The molecule has 5 heteroatoms. The van der Waals surface area contributed by atoms with E-state index in [9.17, 15) is 10.1 Å². The number of carbonyl (C=O) groups excluding carboxylic acids is 1. The fourth-order valence-electron chi connectivity index (χ4n) is 2.25. The van der Waals surface area contributed by atoms with Crippen LogP contribution in [0.3, 0.4) is 0 Å². The van der Waals surface area contributed by atoms with Gasteiger partial charge in [-0.25, -0.2) is 0 Å². The summed E-state index contributed by atoms with van der Waals surface area (Å²) < 4.78 is 0. The number of H-pyrrole nitrogens is 1. The first-order chi connectivity index (χ1) is 9.61. The minimum Gasteiger partial charge on any atom is -0.361 e. The summed E-state index contributed by atoms with van der Waals surface area (Å²) in [6.07, 6.45) is 1.86. The van der Waals surface area contributed by atoms with Gasteiger partial charge in [0.15, 0.2) is 0 Å². The SMILES string of the molecule is CC(=O)NC(C)CNC(C#N)c1c[nH]c2ccccc12. The zero-order valence-electron chi connectivity index (χ0n) is 11.6. The monoisotopic (exact) mass is 270 g/mol. The molecule has 2 aromatic rings. The Morgan fingerprint density at radius 1 is 1.45 bits per heavy atom. The van der Waals surface area contributed by atoms with Crippen molar-refractivity contribution in [3.05, 3.63) is 36.0 Å². The Morgan fingerprint density at radius 3 is 2.90 bits per heavy atom. The highest BCUT2D eigenvalue weighted by Gasteiger charge is 2.15. The van der Waals surface area contributed by atoms with Crippen LogP contribution in [0.25, 0.3) is 10.9 Å². The first-order valence-corrected chi connectivity index (χ1v) is 6.58. The Kier molecular flexibility index (Phi) is 4.38. The van der Waals surface area contributed by atoms with E-state index in [2.05, 4.69) is 21.7 Å². The van der Waals surface area contributed by atoms with E-state index in [-0.39, 0.29) is 11.9 Å². The van der Waals surface area contributed by atoms with Crippen molar-refractivity contribution in [1.29, 1.82) is 5.26 Å². The lowest BCUT2D eigenvalue weighted by Crippen LogP contribution is -2.39. The van der Waals surface area contributed by atoms with Gasteiger partial charge in [0.2, 0.25) is 5.91 Å². The summed E-state index contributed by atoms with van der Waals surface area (Å²) >= 11 is 0. The van der Waals surface area contributed by atoms with Crippen molar-refractivity contribution in [1.82, 2.24) is 15.6 Å². The number of aromatic amines is 1. The summed E-state index contributed by atoms with van der Waals surface area (Å²) in [6.45, 7) is 3.92. The van der Waals surface area contributed by atoms with Gasteiger partial charge in [0.25, 0.3) is 0 Å². The zero-order valence-corrected chi connectivity index (χ0v) is 11.6. The fraction of sp³-hybridized carbons (Fsp3) is 0.333. The Balaban J connectivity index is 2.09. The lowest BCUT2D eigenvalue weighted by molar-refractivity contribution is -0.119. The van der Waals surface area contributed by atoms with Crippen molar-refractivity contribution >= 4 is 16.8 Å². The minimum atomic E-state index is -0.401. The quantitative estimate of drug-likeness (QED) is 0.775. The van der Waals surface area contributed by atoms with Crippen LogP contribution in [-0.4, -0.2) is 23.5 Å². The number of rotatable bonds is 5. The van der Waals surface area contributed by atoms with Gasteiger partial charge < -0.3 is 10.3 Å². The van der Waals surface area contributed by atoms with E-state index in [1.807, 2.05) is 37.4 Å². The fourth-order valence-corrected chi connectivity index (χ4v) is 2.25. The molecule has 0 spiro atoms. The second-order valence-electron chi connectivity index (χ2n) is 4.86. The summed E-state index contributed by atoms with van der Waals surface area (Å²) in [5.41, 5.74) is 1.94. The summed E-state index contributed by atoms with van der Waals surface area (Å²) in [6, 6.07) is 9.72. The molecule has 0 saturated carbocycles. The van der Waals surface area contributed by atoms with Gasteiger partial charge in [-0.15, -0.1) is 0 Å². The molecular formula is C15H18N4O. The molecule has 1 heterocycles. The number of carbonyl (C=O) groups is 1. The highest BCUT2D eigenvalue weighted by atomic mass is 16.1. The van der Waals surface area contributed by atoms with Crippen molar-refractivity contribution in [2.24, 2.45) is 0 Å². The average Bonchev–Trinajstić information content (AvgIpc) is 2.83. The van der Waals surface area contributed by atoms with E-state index in [0.717, 1.165) is 16.5 Å². The van der Waals surface area contributed by atoms with Crippen LogP contribution in [0.15, 0.2) is 30.5 Å². The Hall–Kier alpha value is -2.32. The van der Waals surface area contributed by atoms with E-state index in [1.165, 1.54) is 6.92 Å². The molecule has 5 nitrogen and oxygen atoms in total. The number of para-hydroxylation sites is 1. The summed E-state index contributed by atoms with van der Waals surface area (Å²) in [5.74, 6) is -0.0695. The molecule has 0 saturated heterocycles. The lowest BCUT2D eigenvalue weighted by atomic mass is 10.1. The van der Waals surface area contributed by atoms with Crippen molar-refractivity contribution in [3.63, 3.8) is 0 Å². The van der Waals surface area contributed by atoms with Gasteiger partial charge in [0, 0.05) is 42.2 Å². The Bertz CT molecular complexity index is 641. The maximum Gasteiger partial charge on any atom is 0.217 e. The van der Waals surface area contributed by atoms with Crippen LogP contribution in [-0.2, 0) is 4.79 Å². The molecule has 1 aromatic carbocycles. The molecule has 0 bridgehead atoms. The molecule has 0 aliphatic rings. The normalized spacial score (nSPS) is 13.7. The smallest absolute Gasteiger partial charge is 0.217 e. The van der Waals surface area contributed by atoms with E-state index in [1.54, 1.807) is 0 Å². The number of benzene rings is 1. The van der Waals surface area contributed by atoms with Crippen LogP contribution in [0.2, 0.25) is 0 Å². The van der Waals surface area contributed by atoms with E-state index in [0.29, 0.717) is 6.54 Å². The number of nitrogens with zero attached hydrogens (tertiary/aromatic N) is 1. The molecule has 2 unspecified atom stereocenters. The van der Waals surface area contributed by atoms with Crippen LogP contribution in [0.1, 0.15) is 25.5 Å². The molecule has 104 valence electrons. The maximum atomic E-state index is 11.0. The summed E-state index contributed by atoms with van der Waals surface area (Å²) in [4.78, 5) is 14.1. The third-order valence-corrected chi connectivity index (χ3v) is 3.14. The third-order valence-electron chi connectivity index (χ3n) is 3.14. The highest BCUT2D eigenvalue weighted by Crippen LogP contribution is 2.23. The van der Waals surface area contributed by atoms with Crippen molar-refractivity contribution in [2.45, 2.75) is 25.9 Å². The molecule has 2 atom stereocenters. The summed E-state index contributed by atoms with van der Waals surface area (Å²) in [7, 11) is 0. The minimum absolute atomic E-state index is 0.0199. The van der Waals surface area contributed by atoms with Crippen LogP contribution < -0.4 is 10.6 Å². The van der Waals surface area contributed by atoms with E-state index in [4.69, 9.17) is 0 Å². The molecule has 0 aliphatic heterocycles. The molecule has 2 rings (SSSR count). The van der Waals surface area contributed by atoms with Crippen LogP contribution in [0, 0.1) is 11.3 Å². The second-order valence-corrected chi connectivity index (χ2v) is 4.86. The lowest BCUT2D eigenvalue weighted by Gasteiger charge is -2.16. The number of fused-ring (bicyclic) bond motifs is 1. The van der Waals surface area contributed by atoms with Crippen molar-refractivity contribution in [3.8, 4) is 6.07 Å². The maximum absolute atomic E-state index is 11.0.